The van der Waals surface area contributed by atoms with Crippen molar-refractivity contribution in [1.29, 1.82) is 0 Å². The molecule has 2 aromatic rings. The van der Waals surface area contributed by atoms with Crippen LogP contribution in [0.5, 0.6) is 0 Å². The molecule has 1 aromatic carbocycles. The molecule has 1 unspecified atom stereocenters. The maximum absolute atomic E-state index is 5.67. The van der Waals surface area contributed by atoms with Gasteiger partial charge in [0.05, 0.1) is 6.26 Å². The van der Waals surface area contributed by atoms with E-state index in [1.165, 1.54) is 16.7 Å². The summed E-state index contributed by atoms with van der Waals surface area (Å²) in [7, 11) is 0. The van der Waals surface area contributed by atoms with Gasteiger partial charge >= 0.3 is 0 Å². The molecule has 0 aliphatic carbocycles. The smallest absolute Gasteiger partial charge is 0.103 e. The van der Waals surface area contributed by atoms with Crippen LogP contribution in [0.4, 0.5) is 0 Å². The molecule has 0 saturated heterocycles. The van der Waals surface area contributed by atoms with Gasteiger partial charge in [0.2, 0.25) is 0 Å². The zero-order valence-electron chi connectivity index (χ0n) is 11.6. The van der Waals surface area contributed by atoms with Crippen LogP contribution in [0.25, 0.3) is 0 Å². The van der Waals surface area contributed by atoms with Gasteiger partial charge in [0.15, 0.2) is 0 Å². The molecule has 0 amide bonds. The number of aryl methyl sites for hydroxylation is 3. The molecule has 0 radical (unpaired) electrons. The van der Waals surface area contributed by atoms with Gasteiger partial charge in [0, 0.05) is 12.5 Å². The molecule has 2 rings (SSSR count). The van der Waals surface area contributed by atoms with Crippen molar-refractivity contribution in [3.8, 4) is 0 Å². The highest BCUT2D eigenvalue weighted by Crippen LogP contribution is 2.15. The Morgan fingerprint density at radius 2 is 2.11 bits per heavy atom. The highest BCUT2D eigenvalue weighted by molar-refractivity contribution is 5.31. The first-order valence-corrected chi connectivity index (χ1v) is 6.73. The third kappa shape index (κ3) is 3.94. The Bertz CT molecular complexity index is 505. The van der Waals surface area contributed by atoms with Crippen LogP contribution in [-0.2, 0) is 12.8 Å². The topological polar surface area (TPSA) is 51.2 Å². The number of furan rings is 1. The molecular formula is C16H22N2O. The third-order valence-electron chi connectivity index (χ3n) is 3.53. The summed E-state index contributed by atoms with van der Waals surface area (Å²) in [4.78, 5) is 0. The Kier molecular flexibility index (Phi) is 4.77. The summed E-state index contributed by atoms with van der Waals surface area (Å²) in [5.41, 5.74) is 6.90. The van der Waals surface area contributed by atoms with Crippen molar-refractivity contribution in [2.24, 2.45) is 5.84 Å². The van der Waals surface area contributed by atoms with Crippen LogP contribution in [0, 0.1) is 13.8 Å². The first-order chi connectivity index (χ1) is 9.19. The van der Waals surface area contributed by atoms with Crippen molar-refractivity contribution in [1.82, 2.24) is 5.43 Å². The van der Waals surface area contributed by atoms with Crippen molar-refractivity contribution in [2.45, 2.75) is 39.2 Å². The molecule has 0 spiro atoms. The van der Waals surface area contributed by atoms with Crippen molar-refractivity contribution in [3.05, 3.63) is 59.0 Å². The normalized spacial score (nSPS) is 12.6. The van der Waals surface area contributed by atoms with Crippen molar-refractivity contribution in [3.63, 3.8) is 0 Å². The maximum atomic E-state index is 5.67. The summed E-state index contributed by atoms with van der Waals surface area (Å²) in [6, 6.07) is 10.8. The summed E-state index contributed by atoms with van der Waals surface area (Å²) in [6.45, 7) is 4.27. The molecular weight excluding hydrogens is 236 g/mol. The van der Waals surface area contributed by atoms with E-state index < -0.39 is 0 Å². The van der Waals surface area contributed by atoms with Gasteiger partial charge in [-0.3, -0.25) is 11.3 Å². The van der Waals surface area contributed by atoms with E-state index in [1.807, 2.05) is 12.1 Å². The highest BCUT2D eigenvalue weighted by Gasteiger charge is 2.10. The highest BCUT2D eigenvalue weighted by atomic mass is 16.3. The van der Waals surface area contributed by atoms with Gasteiger partial charge in [-0.15, -0.1) is 0 Å². The van der Waals surface area contributed by atoms with E-state index in [9.17, 15) is 0 Å². The van der Waals surface area contributed by atoms with Gasteiger partial charge in [-0.2, -0.15) is 0 Å². The van der Waals surface area contributed by atoms with E-state index >= 15 is 0 Å². The lowest BCUT2D eigenvalue weighted by Crippen LogP contribution is -2.37. The van der Waals surface area contributed by atoms with E-state index in [1.54, 1.807) is 6.26 Å². The first kappa shape index (κ1) is 13.8. The van der Waals surface area contributed by atoms with Crippen LogP contribution in [0.15, 0.2) is 41.0 Å². The molecule has 0 saturated carbocycles. The lowest BCUT2D eigenvalue weighted by Gasteiger charge is -2.17. The number of hydrogen-bond donors (Lipinski definition) is 2. The number of rotatable bonds is 6. The van der Waals surface area contributed by atoms with Gasteiger partial charge in [0.1, 0.15) is 5.76 Å². The predicted octanol–water partition coefficient (Wildman–Crippen LogP) is 2.90. The number of hydrogen-bond acceptors (Lipinski definition) is 3. The van der Waals surface area contributed by atoms with Gasteiger partial charge in [-0.25, -0.2) is 0 Å². The molecule has 1 aromatic heterocycles. The zero-order valence-corrected chi connectivity index (χ0v) is 11.6. The summed E-state index contributed by atoms with van der Waals surface area (Å²) in [5.74, 6) is 6.68. The largest absolute Gasteiger partial charge is 0.469 e. The number of nitrogens with one attached hydrogen (secondary N) is 1. The second-order valence-corrected chi connectivity index (χ2v) is 5.12. The van der Waals surface area contributed by atoms with Gasteiger partial charge in [-0.1, -0.05) is 23.8 Å². The fourth-order valence-corrected chi connectivity index (χ4v) is 2.30. The Morgan fingerprint density at radius 1 is 1.26 bits per heavy atom. The minimum Gasteiger partial charge on any atom is -0.469 e. The molecule has 0 aliphatic heterocycles. The molecule has 0 bridgehead atoms. The molecule has 19 heavy (non-hydrogen) atoms. The minimum atomic E-state index is 0.269. The monoisotopic (exact) mass is 258 g/mol. The standard InChI is InChI=1S/C16H22N2O/c1-12-5-6-13(2)14(10-12)11-15(18-17)7-8-16-4-3-9-19-16/h3-6,9-10,15,18H,7-8,11,17H2,1-2H3. The minimum absolute atomic E-state index is 0.269. The quantitative estimate of drug-likeness (QED) is 0.619. The molecule has 0 fully saturated rings. The molecule has 1 atom stereocenters. The van der Waals surface area contributed by atoms with Crippen LogP contribution in [-0.4, -0.2) is 6.04 Å². The van der Waals surface area contributed by atoms with E-state index in [-0.39, 0.29) is 6.04 Å². The van der Waals surface area contributed by atoms with E-state index in [0.29, 0.717) is 0 Å². The summed E-state index contributed by atoms with van der Waals surface area (Å²) < 4.78 is 5.35. The number of nitrogens with two attached hydrogens (primary N) is 1. The molecule has 3 nitrogen and oxygen atoms in total. The van der Waals surface area contributed by atoms with Gasteiger partial charge in [0.25, 0.3) is 0 Å². The van der Waals surface area contributed by atoms with Gasteiger partial charge < -0.3 is 4.42 Å². The molecule has 0 aliphatic rings. The fraction of sp³-hybridized carbons (Fsp3) is 0.375. The fourth-order valence-electron chi connectivity index (χ4n) is 2.30. The lowest BCUT2D eigenvalue weighted by molar-refractivity contribution is 0.447. The SMILES string of the molecule is Cc1ccc(C)c(CC(CCc2ccco2)NN)c1. The van der Waals surface area contributed by atoms with Crippen LogP contribution in [0.2, 0.25) is 0 Å². The summed E-state index contributed by atoms with van der Waals surface area (Å²) >= 11 is 0. The number of hydrazine groups is 1. The maximum Gasteiger partial charge on any atom is 0.103 e. The Morgan fingerprint density at radius 3 is 2.79 bits per heavy atom. The van der Waals surface area contributed by atoms with E-state index in [2.05, 4.69) is 37.5 Å². The Labute approximate surface area is 114 Å². The van der Waals surface area contributed by atoms with Crippen LogP contribution in [0.3, 0.4) is 0 Å². The van der Waals surface area contributed by atoms with Crippen molar-refractivity contribution < 1.29 is 4.42 Å². The van der Waals surface area contributed by atoms with Crippen molar-refractivity contribution in [2.75, 3.05) is 0 Å². The summed E-state index contributed by atoms with van der Waals surface area (Å²) in [6.07, 6.45) is 4.54. The predicted molar refractivity (Wildman–Crippen MR) is 77.8 cm³/mol. The van der Waals surface area contributed by atoms with Gasteiger partial charge in [-0.05, 0) is 49.9 Å². The molecule has 1 heterocycles. The number of benzene rings is 1. The molecule has 3 N–H and O–H groups in total. The molecule has 3 heteroatoms. The zero-order chi connectivity index (χ0) is 13.7. The van der Waals surface area contributed by atoms with E-state index in [4.69, 9.17) is 10.3 Å². The second kappa shape index (κ2) is 6.55. The van der Waals surface area contributed by atoms with E-state index in [0.717, 1.165) is 25.0 Å². The van der Waals surface area contributed by atoms with Crippen LogP contribution >= 0.6 is 0 Å². The lowest BCUT2D eigenvalue weighted by atomic mass is 9.96. The van der Waals surface area contributed by atoms with Crippen LogP contribution < -0.4 is 11.3 Å². The first-order valence-electron chi connectivity index (χ1n) is 6.73. The molecule has 102 valence electrons. The average molecular weight is 258 g/mol. The summed E-state index contributed by atoms with van der Waals surface area (Å²) in [5, 5.41) is 0. The van der Waals surface area contributed by atoms with Crippen molar-refractivity contribution >= 4 is 0 Å². The van der Waals surface area contributed by atoms with Crippen LogP contribution in [0.1, 0.15) is 28.9 Å². The Balaban J connectivity index is 1.96. The second-order valence-electron chi connectivity index (χ2n) is 5.12. The third-order valence-corrected chi connectivity index (χ3v) is 3.53. The average Bonchev–Trinajstić information content (AvgIpc) is 2.91. The Hall–Kier alpha value is -1.58.